The quantitative estimate of drug-likeness (QED) is 0.217. The van der Waals surface area contributed by atoms with Gasteiger partial charge in [0, 0.05) is 30.6 Å². The van der Waals surface area contributed by atoms with E-state index >= 15 is 0 Å². The molecule has 8 heteroatoms. The Labute approximate surface area is 188 Å². The molecule has 0 atom stereocenters. The average Bonchev–Trinajstić information content (AvgIpc) is 3.12. The van der Waals surface area contributed by atoms with Crippen molar-refractivity contribution in [1.29, 1.82) is 0 Å². The number of aromatic nitrogens is 1. The maximum Gasteiger partial charge on any atom is 0.251 e. The van der Waals surface area contributed by atoms with Crippen molar-refractivity contribution < 1.29 is 4.79 Å². The first-order valence-corrected chi connectivity index (χ1v) is 10.2. The van der Waals surface area contributed by atoms with Crippen molar-refractivity contribution in [2.45, 2.75) is 40.2 Å². The van der Waals surface area contributed by atoms with Gasteiger partial charge >= 0.3 is 0 Å². The Kier molecular flexibility index (Phi) is 11.1. The van der Waals surface area contributed by atoms with E-state index in [0.717, 1.165) is 28.8 Å². The minimum Gasteiger partial charge on any atom is -0.357 e. The summed E-state index contributed by atoms with van der Waals surface area (Å²) in [7, 11) is 0. The summed E-state index contributed by atoms with van der Waals surface area (Å²) in [6, 6.07) is 7.57. The second kappa shape index (κ2) is 12.7. The minimum atomic E-state index is -0.0635. The molecule has 0 aliphatic carbocycles. The molecule has 0 radical (unpaired) electrons. The van der Waals surface area contributed by atoms with Crippen molar-refractivity contribution in [3.63, 3.8) is 0 Å². The predicted molar refractivity (Wildman–Crippen MR) is 128 cm³/mol. The van der Waals surface area contributed by atoms with E-state index in [1.807, 2.05) is 38.1 Å². The normalized spacial score (nSPS) is 11.1. The molecule has 0 aliphatic rings. The molecule has 0 spiro atoms. The number of nitrogens with one attached hydrogen (secondary N) is 3. The number of guanidine groups is 1. The number of hydrogen-bond acceptors (Lipinski definition) is 4. The Balaban J connectivity index is 0.00000392. The molecule has 1 aromatic carbocycles. The fraction of sp³-hybridized carbons (Fsp3) is 0.450. The second-order valence-corrected chi connectivity index (χ2v) is 7.51. The largest absolute Gasteiger partial charge is 0.357 e. The minimum absolute atomic E-state index is 0. The van der Waals surface area contributed by atoms with Gasteiger partial charge < -0.3 is 16.0 Å². The van der Waals surface area contributed by atoms with Crippen LogP contribution in [0.3, 0.4) is 0 Å². The van der Waals surface area contributed by atoms with Crippen LogP contribution in [0.1, 0.15) is 53.3 Å². The lowest BCUT2D eigenvalue weighted by Crippen LogP contribution is -2.41. The highest BCUT2D eigenvalue weighted by Gasteiger charge is 2.07. The molecule has 6 nitrogen and oxygen atoms in total. The van der Waals surface area contributed by atoms with Gasteiger partial charge in [0.15, 0.2) is 5.96 Å². The average molecular weight is 515 g/mol. The highest BCUT2D eigenvalue weighted by molar-refractivity contribution is 14.0. The Hall–Kier alpha value is -1.68. The molecule has 0 saturated carbocycles. The summed E-state index contributed by atoms with van der Waals surface area (Å²) in [5.74, 6) is 1.09. The SMILES string of the molecule is CCNC(=NCc1nc(C(C)C)cs1)NCCNC(=O)c1cccc(C)c1.I. The summed E-state index contributed by atoms with van der Waals surface area (Å²) < 4.78 is 0. The third kappa shape index (κ3) is 8.14. The third-order valence-corrected chi connectivity index (χ3v) is 4.71. The lowest BCUT2D eigenvalue weighted by atomic mass is 10.1. The number of carbonyl (C=O) groups is 1. The monoisotopic (exact) mass is 515 g/mol. The maximum atomic E-state index is 12.1. The number of aliphatic imine (C=N–C) groups is 1. The van der Waals surface area contributed by atoms with Crippen LogP contribution in [-0.2, 0) is 6.54 Å². The van der Waals surface area contributed by atoms with Crippen LogP contribution < -0.4 is 16.0 Å². The zero-order valence-electron chi connectivity index (χ0n) is 16.9. The van der Waals surface area contributed by atoms with E-state index in [4.69, 9.17) is 0 Å². The van der Waals surface area contributed by atoms with E-state index < -0.39 is 0 Å². The topological polar surface area (TPSA) is 78.4 Å². The van der Waals surface area contributed by atoms with Crippen LogP contribution in [-0.4, -0.2) is 36.5 Å². The maximum absolute atomic E-state index is 12.1. The first-order chi connectivity index (χ1) is 13.0. The Morgan fingerprint density at radius 3 is 2.61 bits per heavy atom. The van der Waals surface area contributed by atoms with Crippen molar-refractivity contribution in [2.75, 3.05) is 19.6 Å². The first kappa shape index (κ1) is 24.4. The number of hydrogen-bond donors (Lipinski definition) is 3. The van der Waals surface area contributed by atoms with Crippen LogP contribution in [0, 0.1) is 6.92 Å². The number of halogens is 1. The number of rotatable bonds is 8. The number of amides is 1. The summed E-state index contributed by atoms with van der Waals surface area (Å²) in [5, 5.41) is 12.5. The van der Waals surface area contributed by atoms with Crippen molar-refractivity contribution in [3.05, 3.63) is 51.5 Å². The van der Waals surface area contributed by atoms with Gasteiger partial charge in [-0.15, -0.1) is 35.3 Å². The smallest absolute Gasteiger partial charge is 0.251 e. The van der Waals surface area contributed by atoms with Crippen molar-refractivity contribution in [3.8, 4) is 0 Å². The summed E-state index contributed by atoms with van der Waals surface area (Å²) in [6.07, 6.45) is 0. The fourth-order valence-corrected chi connectivity index (χ4v) is 3.28. The lowest BCUT2D eigenvalue weighted by molar-refractivity contribution is 0.0954. The Morgan fingerprint density at radius 1 is 1.21 bits per heavy atom. The van der Waals surface area contributed by atoms with Crippen LogP contribution in [0.25, 0.3) is 0 Å². The summed E-state index contributed by atoms with van der Waals surface area (Å²) in [6.45, 7) is 10.7. The molecular formula is C20H30IN5OS. The zero-order valence-corrected chi connectivity index (χ0v) is 20.1. The number of nitrogens with zero attached hydrogens (tertiary/aromatic N) is 2. The standard InChI is InChI=1S/C20H29N5OS.HI/c1-5-21-20(24-12-18-25-17(13-27-18)14(2)3)23-10-9-22-19(26)16-8-6-7-15(4)11-16;/h6-8,11,13-14H,5,9-10,12H2,1-4H3,(H,22,26)(H2,21,23,24);1H. The molecule has 1 amide bonds. The molecule has 0 saturated heterocycles. The van der Waals surface area contributed by atoms with Gasteiger partial charge in [-0.05, 0) is 31.9 Å². The zero-order chi connectivity index (χ0) is 19.6. The van der Waals surface area contributed by atoms with Crippen LogP contribution >= 0.6 is 35.3 Å². The van der Waals surface area contributed by atoms with Crippen LogP contribution in [0.4, 0.5) is 0 Å². The van der Waals surface area contributed by atoms with E-state index in [1.165, 1.54) is 0 Å². The molecular weight excluding hydrogens is 485 g/mol. The lowest BCUT2D eigenvalue weighted by Gasteiger charge is -2.11. The Morgan fingerprint density at radius 2 is 1.96 bits per heavy atom. The summed E-state index contributed by atoms with van der Waals surface area (Å²) in [4.78, 5) is 21.3. The molecule has 1 aromatic heterocycles. The van der Waals surface area contributed by atoms with Gasteiger partial charge in [-0.3, -0.25) is 4.79 Å². The number of aryl methyl sites for hydroxylation is 1. The molecule has 1 heterocycles. The fourth-order valence-electron chi connectivity index (χ4n) is 2.40. The predicted octanol–water partition coefficient (Wildman–Crippen LogP) is 3.68. The van der Waals surface area contributed by atoms with E-state index in [9.17, 15) is 4.79 Å². The Bertz CT molecular complexity index is 775. The molecule has 0 unspecified atom stereocenters. The molecule has 3 N–H and O–H groups in total. The van der Waals surface area contributed by atoms with E-state index in [0.29, 0.717) is 31.1 Å². The molecule has 154 valence electrons. The van der Waals surface area contributed by atoms with Gasteiger partial charge in [0.25, 0.3) is 5.91 Å². The number of benzene rings is 1. The van der Waals surface area contributed by atoms with Crippen molar-refractivity contribution >= 4 is 47.2 Å². The van der Waals surface area contributed by atoms with Gasteiger partial charge in [-0.1, -0.05) is 31.5 Å². The van der Waals surface area contributed by atoms with Gasteiger partial charge in [-0.2, -0.15) is 0 Å². The van der Waals surface area contributed by atoms with Crippen molar-refractivity contribution in [2.24, 2.45) is 4.99 Å². The molecule has 0 bridgehead atoms. The number of thiazole rings is 1. The van der Waals surface area contributed by atoms with E-state index in [1.54, 1.807) is 11.3 Å². The molecule has 0 aliphatic heterocycles. The van der Waals surface area contributed by atoms with Crippen molar-refractivity contribution in [1.82, 2.24) is 20.9 Å². The molecule has 0 fully saturated rings. The van der Waals surface area contributed by atoms with Gasteiger partial charge in [0.2, 0.25) is 0 Å². The number of carbonyl (C=O) groups excluding carboxylic acids is 1. The molecule has 28 heavy (non-hydrogen) atoms. The summed E-state index contributed by atoms with van der Waals surface area (Å²) in [5.41, 5.74) is 2.87. The van der Waals surface area contributed by atoms with Crippen LogP contribution in [0.5, 0.6) is 0 Å². The molecule has 2 rings (SSSR count). The molecule has 2 aromatic rings. The van der Waals surface area contributed by atoms with Gasteiger partial charge in [0.05, 0.1) is 12.2 Å². The second-order valence-electron chi connectivity index (χ2n) is 6.57. The highest BCUT2D eigenvalue weighted by atomic mass is 127. The summed E-state index contributed by atoms with van der Waals surface area (Å²) >= 11 is 1.64. The van der Waals surface area contributed by atoms with E-state index in [-0.39, 0.29) is 29.9 Å². The third-order valence-electron chi connectivity index (χ3n) is 3.86. The van der Waals surface area contributed by atoms with Crippen LogP contribution in [0.2, 0.25) is 0 Å². The van der Waals surface area contributed by atoms with Gasteiger partial charge in [0.1, 0.15) is 5.01 Å². The highest BCUT2D eigenvalue weighted by Crippen LogP contribution is 2.18. The van der Waals surface area contributed by atoms with Gasteiger partial charge in [-0.25, -0.2) is 9.98 Å². The van der Waals surface area contributed by atoms with Crippen LogP contribution in [0.15, 0.2) is 34.6 Å². The van der Waals surface area contributed by atoms with E-state index in [2.05, 4.69) is 45.2 Å². The first-order valence-electron chi connectivity index (χ1n) is 9.31.